The lowest BCUT2D eigenvalue weighted by molar-refractivity contribution is 0.122. The lowest BCUT2D eigenvalue weighted by Crippen LogP contribution is -2.37. The molecule has 9 heteroatoms. The predicted octanol–water partition coefficient (Wildman–Crippen LogP) is 3.30. The summed E-state index contributed by atoms with van der Waals surface area (Å²) in [4.78, 5) is 20.5. The summed E-state index contributed by atoms with van der Waals surface area (Å²) in [5, 5.41) is 7.97. The molecule has 32 heavy (non-hydrogen) atoms. The molecule has 0 aliphatic carbocycles. The van der Waals surface area contributed by atoms with Gasteiger partial charge in [-0.05, 0) is 31.0 Å². The minimum Gasteiger partial charge on any atom is -0.378 e. The van der Waals surface area contributed by atoms with Crippen LogP contribution in [0, 0.1) is 13.8 Å². The van der Waals surface area contributed by atoms with Crippen molar-refractivity contribution in [2.24, 2.45) is 5.10 Å². The number of nitrogens with one attached hydrogen (secondary N) is 1. The van der Waals surface area contributed by atoms with Crippen molar-refractivity contribution < 1.29 is 4.74 Å². The lowest BCUT2D eigenvalue weighted by atomic mass is 10.2. The summed E-state index contributed by atoms with van der Waals surface area (Å²) in [6.07, 6.45) is 7.05. The molecule has 0 spiro atoms. The zero-order valence-electron chi connectivity index (χ0n) is 18.1. The molecule has 1 aliphatic heterocycles. The molecule has 9 nitrogen and oxygen atoms in total. The Morgan fingerprint density at radius 1 is 1.06 bits per heavy atom. The Kier molecular flexibility index (Phi) is 5.47. The number of imidazole rings is 1. The topological polar surface area (TPSA) is 93.4 Å². The van der Waals surface area contributed by atoms with Gasteiger partial charge in [-0.3, -0.25) is 4.98 Å². The quantitative estimate of drug-likeness (QED) is 0.488. The van der Waals surface area contributed by atoms with E-state index in [1.54, 1.807) is 17.2 Å². The number of ether oxygens (including phenoxy) is 1. The van der Waals surface area contributed by atoms with Gasteiger partial charge >= 0.3 is 0 Å². The second-order valence-electron chi connectivity index (χ2n) is 7.77. The summed E-state index contributed by atoms with van der Waals surface area (Å²) in [5.74, 6) is 1.24. The Labute approximate surface area is 185 Å². The maximum absolute atomic E-state index is 5.49. The molecule has 5 rings (SSSR count). The van der Waals surface area contributed by atoms with E-state index >= 15 is 0 Å². The molecule has 0 bridgehead atoms. The average molecular weight is 429 g/mol. The number of nitrogens with zero attached hydrogens (tertiary/aromatic N) is 7. The minimum absolute atomic E-state index is 0.619. The molecule has 1 saturated heterocycles. The van der Waals surface area contributed by atoms with Crippen molar-refractivity contribution in [3.63, 3.8) is 0 Å². The minimum atomic E-state index is 0.619. The SMILES string of the molecule is Cc1cccc(/C=N/n2cnc3c(Nc4cncc(C)c4)nc(N4CCOCC4)nc32)c1. The molecule has 162 valence electrons. The molecule has 0 atom stereocenters. The fourth-order valence-corrected chi connectivity index (χ4v) is 3.59. The number of rotatable bonds is 5. The maximum atomic E-state index is 5.49. The highest BCUT2D eigenvalue weighted by Crippen LogP contribution is 2.26. The highest BCUT2D eigenvalue weighted by atomic mass is 16.5. The van der Waals surface area contributed by atoms with Crippen molar-refractivity contribution in [2.75, 3.05) is 36.5 Å². The second-order valence-corrected chi connectivity index (χ2v) is 7.77. The first-order chi connectivity index (χ1) is 15.7. The number of aryl methyl sites for hydroxylation is 2. The van der Waals surface area contributed by atoms with Crippen LogP contribution in [-0.4, -0.2) is 57.1 Å². The predicted molar refractivity (Wildman–Crippen MR) is 125 cm³/mol. The fraction of sp³-hybridized carbons (Fsp3) is 0.261. The third-order valence-electron chi connectivity index (χ3n) is 5.17. The number of morpholine rings is 1. The van der Waals surface area contributed by atoms with Crippen LogP contribution in [0.2, 0.25) is 0 Å². The van der Waals surface area contributed by atoms with Crippen LogP contribution < -0.4 is 10.2 Å². The van der Waals surface area contributed by atoms with Crippen LogP contribution in [0.15, 0.2) is 54.2 Å². The molecule has 0 unspecified atom stereocenters. The van der Waals surface area contributed by atoms with Gasteiger partial charge in [-0.25, -0.2) is 9.66 Å². The maximum Gasteiger partial charge on any atom is 0.229 e. The molecular weight excluding hydrogens is 404 g/mol. The van der Waals surface area contributed by atoms with Gasteiger partial charge in [0.15, 0.2) is 17.0 Å². The Hall–Kier alpha value is -3.85. The molecule has 0 amide bonds. The molecule has 4 aromatic rings. The van der Waals surface area contributed by atoms with Crippen LogP contribution in [0.3, 0.4) is 0 Å². The van der Waals surface area contributed by atoms with Crippen LogP contribution in [0.1, 0.15) is 16.7 Å². The van der Waals surface area contributed by atoms with Gasteiger partial charge in [0.05, 0.1) is 31.3 Å². The van der Waals surface area contributed by atoms with Crippen molar-refractivity contribution in [3.8, 4) is 0 Å². The second kappa shape index (κ2) is 8.72. The average Bonchev–Trinajstić information content (AvgIpc) is 3.22. The van der Waals surface area contributed by atoms with E-state index in [0.717, 1.165) is 29.9 Å². The van der Waals surface area contributed by atoms with Crippen molar-refractivity contribution in [3.05, 3.63) is 65.7 Å². The van der Waals surface area contributed by atoms with E-state index in [9.17, 15) is 0 Å². The number of benzene rings is 1. The molecule has 1 N–H and O–H groups in total. The molecule has 1 aliphatic rings. The molecular formula is C23H24N8O. The van der Waals surface area contributed by atoms with E-state index in [0.29, 0.717) is 36.1 Å². The largest absolute Gasteiger partial charge is 0.378 e. The molecule has 1 aromatic carbocycles. The Morgan fingerprint density at radius 2 is 1.94 bits per heavy atom. The summed E-state index contributed by atoms with van der Waals surface area (Å²) in [6.45, 7) is 6.83. The van der Waals surface area contributed by atoms with E-state index in [4.69, 9.17) is 14.7 Å². The van der Waals surface area contributed by atoms with Crippen LogP contribution >= 0.6 is 0 Å². The molecule has 0 radical (unpaired) electrons. The highest BCUT2D eigenvalue weighted by molar-refractivity contribution is 5.87. The van der Waals surface area contributed by atoms with Gasteiger partial charge in [-0.1, -0.05) is 29.8 Å². The summed E-state index contributed by atoms with van der Waals surface area (Å²) >= 11 is 0. The number of pyridine rings is 1. The van der Waals surface area contributed by atoms with E-state index < -0.39 is 0 Å². The van der Waals surface area contributed by atoms with Gasteiger partial charge in [0, 0.05) is 19.3 Å². The zero-order chi connectivity index (χ0) is 21.9. The molecule has 3 aromatic heterocycles. The Balaban J connectivity index is 1.57. The third kappa shape index (κ3) is 4.28. The van der Waals surface area contributed by atoms with Gasteiger partial charge < -0.3 is 15.0 Å². The number of hydrogen-bond acceptors (Lipinski definition) is 8. The number of anilines is 3. The van der Waals surface area contributed by atoms with Crippen molar-refractivity contribution in [1.29, 1.82) is 0 Å². The monoisotopic (exact) mass is 428 g/mol. The van der Waals surface area contributed by atoms with E-state index in [1.165, 1.54) is 5.56 Å². The van der Waals surface area contributed by atoms with Gasteiger partial charge in [0.25, 0.3) is 0 Å². The van der Waals surface area contributed by atoms with Crippen molar-refractivity contribution in [1.82, 2.24) is 24.6 Å². The summed E-state index contributed by atoms with van der Waals surface area (Å²) in [7, 11) is 0. The van der Waals surface area contributed by atoms with E-state index in [2.05, 4.69) is 44.3 Å². The Bertz CT molecular complexity index is 1280. The van der Waals surface area contributed by atoms with Gasteiger partial charge in [0.1, 0.15) is 6.33 Å². The highest BCUT2D eigenvalue weighted by Gasteiger charge is 2.19. The first-order valence-corrected chi connectivity index (χ1v) is 10.5. The molecule has 1 fully saturated rings. The van der Waals surface area contributed by atoms with E-state index in [-0.39, 0.29) is 0 Å². The van der Waals surface area contributed by atoms with E-state index in [1.807, 2.05) is 37.5 Å². The smallest absolute Gasteiger partial charge is 0.229 e. The zero-order valence-corrected chi connectivity index (χ0v) is 18.1. The van der Waals surface area contributed by atoms with Crippen LogP contribution in [0.5, 0.6) is 0 Å². The van der Waals surface area contributed by atoms with Crippen LogP contribution in [0.25, 0.3) is 11.2 Å². The third-order valence-corrected chi connectivity index (χ3v) is 5.17. The van der Waals surface area contributed by atoms with Crippen LogP contribution in [-0.2, 0) is 4.74 Å². The first kappa shape index (κ1) is 20.1. The van der Waals surface area contributed by atoms with Gasteiger partial charge in [0.2, 0.25) is 5.95 Å². The fourth-order valence-electron chi connectivity index (χ4n) is 3.59. The van der Waals surface area contributed by atoms with Crippen LogP contribution in [0.4, 0.5) is 17.5 Å². The summed E-state index contributed by atoms with van der Waals surface area (Å²) < 4.78 is 7.17. The molecule has 4 heterocycles. The number of fused-ring (bicyclic) bond motifs is 1. The van der Waals surface area contributed by atoms with Crippen molar-refractivity contribution >= 4 is 34.8 Å². The Morgan fingerprint density at radius 3 is 2.75 bits per heavy atom. The summed E-state index contributed by atoms with van der Waals surface area (Å²) in [6, 6.07) is 10.2. The van der Waals surface area contributed by atoms with Crippen molar-refractivity contribution in [2.45, 2.75) is 13.8 Å². The molecule has 0 saturated carbocycles. The number of aromatic nitrogens is 5. The van der Waals surface area contributed by atoms with Gasteiger partial charge in [-0.15, -0.1) is 0 Å². The number of hydrogen-bond donors (Lipinski definition) is 1. The summed E-state index contributed by atoms with van der Waals surface area (Å²) in [5.41, 5.74) is 5.37. The first-order valence-electron chi connectivity index (χ1n) is 10.5. The normalized spacial score (nSPS) is 14.4. The standard InChI is InChI=1S/C23H24N8O/c1-16-4-3-5-18(10-16)13-26-31-15-25-20-21(27-19-11-17(2)12-24-14-19)28-23(29-22(20)31)30-6-8-32-9-7-30/h3-5,10-15H,6-9H2,1-2H3,(H,27,28,29)/b26-13+. The van der Waals surface area contributed by atoms with Gasteiger partial charge in [-0.2, -0.15) is 15.1 Å². The lowest BCUT2D eigenvalue weighted by Gasteiger charge is -2.27.